The van der Waals surface area contributed by atoms with Crippen LogP contribution >= 0.6 is 0 Å². The molecule has 1 aliphatic rings. The number of nitrogens with one attached hydrogen (secondary N) is 2. The smallest absolute Gasteiger partial charge is 0.262 e. The highest BCUT2D eigenvalue weighted by Gasteiger charge is 2.34. The third-order valence-electron chi connectivity index (χ3n) is 4.93. The number of rotatable bonds is 6. The van der Waals surface area contributed by atoms with E-state index in [0.29, 0.717) is 18.0 Å². The van der Waals surface area contributed by atoms with Crippen LogP contribution < -0.4 is 20.3 Å². The van der Waals surface area contributed by atoms with Crippen molar-refractivity contribution in [2.24, 2.45) is 5.92 Å². The minimum absolute atomic E-state index is 0.0832. The molecule has 7 nitrogen and oxygen atoms in total. The predicted octanol–water partition coefficient (Wildman–Crippen LogP) is 2.42. The molecule has 2 aromatic carbocycles. The second kappa shape index (κ2) is 8.77. The summed E-state index contributed by atoms with van der Waals surface area (Å²) in [6.07, 6.45) is 0.205. The highest BCUT2D eigenvalue weighted by atomic mass is 16.5. The normalized spacial score (nSPS) is 15.9. The number of amides is 3. The average molecular weight is 395 g/mol. The van der Waals surface area contributed by atoms with Crippen LogP contribution in [0.5, 0.6) is 5.75 Å². The van der Waals surface area contributed by atoms with Gasteiger partial charge in [0.1, 0.15) is 5.75 Å². The van der Waals surface area contributed by atoms with E-state index in [-0.39, 0.29) is 36.7 Å². The van der Waals surface area contributed by atoms with Crippen LogP contribution in [0.2, 0.25) is 0 Å². The zero-order valence-corrected chi connectivity index (χ0v) is 16.8. The summed E-state index contributed by atoms with van der Waals surface area (Å²) in [5, 5.41) is 5.43. The molecule has 0 bridgehead atoms. The minimum Gasteiger partial charge on any atom is -0.484 e. The van der Waals surface area contributed by atoms with Crippen molar-refractivity contribution in [3.8, 4) is 5.75 Å². The standard InChI is InChI=1S/C22H25N3O4/c1-14-4-5-15(2)19(10-14)24-20(26)13-29-18-8-6-17(7-9-18)25-12-16(11-21(25)27)22(28)23-3/h4-10,16H,11-13H2,1-3H3,(H,23,28)(H,24,26). The topological polar surface area (TPSA) is 87.7 Å². The maximum atomic E-state index is 12.2. The van der Waals surface area contributed by atoms with Gasteiger partial charge in [0.15, 0.2) is 6.61 Å². The molecule has 3 rings (SSSR count). The molecule has 2 N–H and O–H groups in total. The van der Waals surface area contributed by atoms with Gasteiger partial charge in [-0.25, -0.2) is 0 Å². The Hall–Kier alpha value is -3.35. The Labute approximate surface area is 170 Å². The molecule has 0 spiro atoms. The number of hydrogen-bond acceptors (Lipinski definition) is 4. The van der Waals surface area contributed by atoms with E-state index in [1.165, 1.54) is 0 Å². The summed E-state index contributed by atoms with van der Waals surface area (Å²) >= 11 is 0. The third-order valence-corrected chi connectivity index (χ3v) is 4.93. The van der Waals surface area contributed by atoms with Crippen molar-refractivity contribution in [2.75, 3.05) is 30.4 Å². The first-order chi connectivity index (χ1) is 13.9. The van der Waals surface area contributed by atoms with Crippen molar-refractivity contribution < 1.29 is 19.1 Å². The lowest BCUT2D eigenvalue weighted by atomic mass is 10.1. The molecular weight excluding hydrogens is 370 g/mol. The van der Waals surface area contributed by atoms with Crippen LogP contribution in [0.3, 0.4) is 0 Å². The van der Waals surface area contributed by atoms with Crippen LogP contribution in [0.4, 0.5) is 11.4 Å². The van der Waals surface area contributed by atoms with E-state index in [2.05, 4.69) is 10.6 Å². The van der Waals surface area contributed by atoms with Crippen LogP contribution in [0.25, 0.3) is 0 Å². The van der Waals surface area contributed by atoms with Gasteiger partial charge in [-0.3, -0.25) is 14.4 Å². The Balaban J connectivity index is 1.55. The second-order valence-electron chi connectivity index (χ2n) is 7.17. The Bertz CT molecular complexity index is 924. The lowest BCUT2D eigenvalue weighted by molar-refractivity contribution is -0.125. The van der Waals surface area contributed by atoms with Crippen molar-refractivity contribution >= 4 is 29.1 Å². The predicted molar refractivity (Wildman–Crippen MR) is 111 cm³/mol. The van der Waals surface area contributed by atoms with Crippen molar-refractivity contribution in [3.05, 3.63) is 53.6 Å². The van der Waals surface area contributed by atoms with Crippen molar-refractivity contribution in [3.63, 3.8) is 0 Å². The molecule has 0 radical (unpaired) electrons. The van der Waals surface area contributed by atoms with Crippen LogP contribution in [-0.2, 0) is 14.4 Å². The minimum atomic E-state index is -0.336. The van der Waals surface area contributed by atoms with Gasteiger partial charge in [-0.15, -0.1) is 0 Å². The molecule has 1 heterocycles. The van der Waals surface area contributed by atoms with Gasteiger partial charge in [0, 0.05) is 31.4 Å². The fourth-order valence-electron chi connectivity index (χ4n) is 3.26. The number of hydrogen-bond donors (Lipinski definition) is 2. The van der Waals surface area contributed by atoms with Crippen molar-refractivity contribution in [1.29, 1.82) is 0 Å². The average Bonchev–Trinajstić information content (AvgIpc) is 3.10. The number of ether oxygens (including phenoxy) is 1. The quantitative estimate of drug-likeness (QED) is 0.786. The SMILES string of the molecule is CNC(=O)C1CC(=O)N(c2ccc(OCC(=O)Nc3cc(C)ccc3C)cc2)C1. The summed E-state index contributed by atoms with van der Waals surface area (Å²) in [5.41, 5.74) is 3.52. The maximum Gasteiger partial charge on any atom is 0.262 e. The lowest BCUT2D eigenvalue weighted by Crippen LogP contribution is -2.30. The maximum absolute atomic E-state index is 12.2. The molecule has 0 aliphatic carbocycles. The zero-order valence-electron chi connectivity index (χ0n) is 16.8. The van der Waals surface area contributed by atoms with Gasteiger partial charge in [-0.05, 0) is 55.3 Å². The summed E-state index contributed by atoms with van der Waals surface area (Å²) in [7, 11) is 1.57. The molecule has 0 saturated carbocycles. The first kappa shape index (κ1) is 20.4. The molecule has 1 aliphatic heterocycles. The molecule has 1 unspecified atom stereocenters. The van der Waals surface area contributed by atoms with E-state index in [1.807, 2.05) is 32.0 Å². The second-order valence-corrected chi connectivity index (χ2v) is 7.17. The zero-order chi connectivity index (χ0) is 21.0. The van der Waals surface area contributed by atoms with E-state index in [0.717, 1.165) is 16.8 Å². The summed E-state index contributed by atoms with van der Waals surface area (Å²) in [4.78, 5) is 37.7. The molecule has 152 valence electrons. The molecule has 7 heteroatoms. The Morgan fingerprint density at radius 1 is 1.14 bits per heavy atom. The van der Waals surface area contributed by atoms with Crippen molar-refractivity contribution in [1.82, 2.24) is 5.32 Å². The summed E-state index contributed by atoms with van der Waals surface area (Å²) in [6, 6.07) is 12.8. The monoisotopic (exact) mass is 395 g/mol. The van der Waals surface area contributed by atoms with Gasteiger partial charge in [-0.2, -0.15) is 0 Å². The number of aryl methyl sites for hydroxylation is 2. The lowest BCUT2D eigenvalue weighted by Gasteiger charge is -2.17. The van der Waals surface area contributed by atoms with E-state index < -0.39 is 0 Å². The van der Waals surface area contributed by atoms with Gasteiger partial charge in [-0.1, -0.05) is 12.1 Å². The number of nitrogens with zero attached hydrogens (tertiary/aromatic N) is 1. The van der Waals surface area contributed by atoms with E-state index in [9.17, 15) is 14.4 Å². The number of benzene rings is 2. The largest absolute Gasteiger partial charge is 0.484 e. The Morgan fingerprint density at radius 2 is 1.86 bits per heavy atom. The highest BCUT2D eigenvalue weighted by Crippen LogP contribution is 2.27. The molecule has 1 saturated heterocycles. The van der Waals surface area contributed by atoms with Gasteiger partial charge in [0.25, 0.3) is 5.91 Å². The molecular formula is C22H25N3O4. The van der Waals surface area contributed by atoms with Crippen molar-refractivity contribution in [2.45, 2.75) is 20.3 Å². The molecule has 0 aromatic heterocycles. The summed E-state index contributed by atoms with van der Waals surface area (Å²) in [6.45, 7) is 4.14. The van der Waals surface area contributed by atoms with Crippen LogP contribution in [0.15, 0.2) is 42.5 Å². The Kier molecular flexibility index (Phi) is 6.16. The van der Waals surface area contributed by atoms with E-state index >= 15 is 0 Å². The van der Waals surface area contributed by atoms with Gasteiger partial charge in [0.2, 0.25) is 11.8 Å². The Morgan fingerprint density at radius 3 is 2.55 bits per heavy atom. The van der Waals surface area contributed by atoms with Crippen LogP contribution in [0, 0.1) is 19.8 Å². The molecule has 1 atom stereocenters. The van der Waals surface area contributed by atoms with Gasteiger partial charge < -0.3 is 20.3 Å². The van der Waals surface area contributed by atoms with E-state index in [1.54, 1.807) is 36.2 Å². The molecule has 29 heavy (non-hydrogen) atoms. The first-order valence-corrected chi connectivity index (χ1v) is 9.49. The summed E-state index contributed by atoms with van der Waals surface area (Å²) in [5.74, 6) is -0.265. The molecule has 1 fully saturated rings. The number of carbonyl (C=O) groups is 3. The highest BCUT2D eigenvalue weighted by molar-refractivity contribution is 6.00. The number of carbonyl (C=O) groups excluding carboxylic acids is 3. The molecule has 2 aromatic rings. The molecule has 3 amide bonds. The van der Waals surface area contributed by atoms with Gasteiger partial charge in [0.05, 0.1) is 5.92 Å². The third kappa shape index (κ3) is 4.93. The fraction of sp³-hybridized carbons (Fsp3) is 0.318. The summed E-state index contributed by atoms with van der Waals surface area (Å²) < 4.78 is 5.55. The van der Waals surface area contributed by atoms with E-state index in [4.69, 9.17) is 4.74 Å². The number of anilines is 2. The first-order valence-electron chi connectivity index (χ1n) is 9.49. The van der Waals surface area contributed by atoms with Gasteiger partial charge >= 0.3 is 0 Å². The van der Waals surface area contributed by atoms with Crippen LogP contribution in [-0.4, -0.2) is 37.9 Å². The fourth-order valence-corrected chi connectivity index (χ4v) is 3.26. The van der Waals surface area contributed by atoms with Crippen LogP contribution in [0.1, 0.15) is 17.5 Å².